The molecule has 0 bridgehead atoms. The number of carbonyl (C=O) groups excluding carboxylic acids is 1. The normalized spacial score (nSPS) is 9.45. The van der Waals surface area contributed by atoms with Gasteiger partial charge in [-0.2, -0.15) is 5.10 Å². The Morgan fingerprint density at radius 2 is 2.15 bits per heavy atom. The molecular formula is C16H15N3O. The highest BCUT2D eigenvalue weighted by atomic mass is 16.1. The molecule has 4 heteroatoms. The summed E-state index contributed by atoms with van der Waals surface area (Å²) in [6.07, 6.45) is 3.83. The summed E-state index contributed by atoms with van der Waals surface area (Å²) in [7, 11) is 1.83. The standard InChI is InChI=1S/C16H15N3O/c1-13(7-6-8-14-11-17-19(2)12-14)16(20)18-15-9-4-3-5-10-15/h3-5,9-12H,1,7H2,2H3,(H,18,20). The van der Waals surface area contributed by atoms with Crippen molar-refractivity contribution in [2.45, 2.75) is 6.42 Å². The van der Waals surface area contributed by atoms with E-state index < -0.39 is 0 Å². The molecule has 0 fully saturated rings. The Balaban J connectivity index is 1.89. The number of nitrogens with zero attached hydrogens (tertiary/aromatic N) is 2. The van der Waals surface area contributed by atoms with Crippen LogP contribution in [0, 0.1) is 11.8 Å². The van der Waals surface area contributed by atoms with Crippen molar-refractivity contribution in [2.24, 2.45) is 7.05 Å². The Labute approximate surface area is 118 Å². The van der Waals surface area contributed by atoms with E-state index in [1.165, 1.54) is 0 Å². The molecule has 1 amide bonds. The summed E-state index contributed by atoms with van der Waals surface area (Å²) in [5, 5.41) is 6.79. The van der Waals surface area contributed by atoms with Crippen molar-refractivity contribution in [3.8, 4) is 11.8 Å². The van der Waals surface area contributed by atoms with Crippen molar-refractivity contribution < 1.29 is 4.79 Å². The molecule has 0 unspecified atom stereocenters. The van der Waals surface area contributed by atoms with Gasteiger partial charge in [0.1, 0.15) is 0 Å². The number of para-hydroxylation sites is 1. The molecule has 4 nitrogen and oxygen atoms in total. The molecule has 2 rings (SSSR count). The molecule has 0 atom stereocenters. The fourth-order valence-electron chi connectivity index (χ4n) is 1.56. The third-order valence-corrected chi connectivity index (χ3v) is 2.59. The Morgan fingerprint density at radius 3 is 2.80 bits per heavy atom. The second kappa shape index (κ2) is 6.39. The van der Waals surface area contributed by atoms with Gasteiger partial charge in [0.25, 0.3) is 5.91 Å². The summed E-state index contributed by atoms with van der Waals surface area (Å²) < 4.78 is 1.68. The van der Waals surface area contributed by atoms with Crippen LogP contribution in [0.5, 0.6) is 0 Å². The van der Waals surface area contributed by atoms with Gasteiger partial charge < -0.3 is 5.32 Å². The van der Waals surface area contributed by atoms with E-state index in [2.05, 4.69) is 28.8 Å². The summed E-state index contributed by atoms with van der Waals surface area (Å²) in [5.74, 6) is 5.65. The fraction of sp³-hybridized carbons (Fsp3) is 0.125. The van der Waals surface area contributed by atoms with Crippen molar-refractivity contribution in [1.29, 1.82) is 0 Å². The van der Waals surface area contributed by atoms with Gasteiger partial charge in [-0.25, -0.2) is 0 Å². The first-order chi connectivity index (χ1) is 9.65. The van der Waals surface area contributed by atoms with Crippen LogP contribution in [0.1, 0.15) is 12.0 Å². The van der Waals surface area contributed by atoms with E-state index >= 15 is 0 Å². The van der Waals surface area contributed by atoms with Crippen LogP contribution in [0.25, 0.3) is 0 Å². The number of carbonyl (C=O) groups is 1. The van der Waals surface area contributed by atoms with E-state index in [0.29, 0.717) is 12.0 Å². The van der Waals surface area contributed by atoms with Crippen molar-refractivity contribution in [1.82, 2.24) is 9.78 Å². The van der Waals surface area contributed by atoms with Crippen LogP contribution in [-0.2, 0) is 11.8 Å². The molecule has 0 spiro atoms. The highest BCUT2D eigenvalue weighted by Crippen LogP contribution is 2.08. The zero-order valence-corrected chi connectivity index (χ0v) is 11.3. The quantitative estimate of drug-likeness (QED) is 0.684. The van der Waals surface area contributed by atoms with Gasteiger partial charge in [-0.1, -0.05) is 36.6 Å². The summed E-state index contributed by atoms with van der Waals surface area (Å²) in [5.41, 5.74) is 2.01. The maximum Gasteiger partial charge on any atom is 0.251 e. The van der Waals surface area contributed by atoms with E-state index in [1.54, 1.807) is 10.9 Å². The first kappa shape index (κ1) is 13.6. The molecule has 1 heterocycles. The predicted molar refractivity (Wildman–Crippen MR) is 78.9 cm³/mol. The van der Waals surface area contributed by atoms with Gasteiger partial charge in [0, 0.05) is 30.9 Å². The Bertz CT molecular complexity index is 674. The van der Waals surface area contributed by atoms with Crippen LogP contribution < -0.4 is 5.32 Å². The first-order valence-electron chi connectivity index (χ1n) is 6.17. The van der Waals surface area contributed by atoms with Gasteiger partial charge in [0.15, 0.2) is 0 Å². The maximum absolute atomic E-state index is 11.9. The molecule has 0 radical (unpaired) electrons. The minimum atomic E-state index is -0.211. The number of aryl methyl sites for hydroxylation is 1. The van der Waals surface area contributed by atoms with E-state index in [0.717, 1.165) is 11.3 Å². The van der Waals surface area contributed by atoms with Gasteiger partial charge in [0.05, 0.1) is 11.8 Å². The zero-order chi connectivity index (χ0) is 14.4. The number of anilines is 1. The summed E-state index contributed by atoms with van der Waals surface area (Å²) in [6, 6.07) is 9.27. The number of nitrogens with one attached hydrogen (secondary N) is 1. The van der Waals surface area contributed by atoms with E-state index in [9.17, 15) is 4.79 Å². The molecule has 1 aromatic heterocycles. The maximum atomic E-state index is 11.9. The number of aromatic nitrogens is 2. The Morgan fingerprint density at radius 1 is 1.40 bits per heavy atom. The number of hydrogen-bond donors (Lipinski definition) is 1. The minimum Gasteiger partial charge on any atom is -0.322 e. The lowest BCUT2D eigenvalue weighted by Crippen LogP contribution is -2.13. The summed E-state index contributed by atoms with van der Waals surface area (Å²) in [4.78, 5) is 11.9. The van der Waals surface area contributed by atoms with Crippen molar-refractivity contribution in [3.05, 3.63) is 60.4 Å². The van der Waals surface area contributed by atoms with Crippen LogP contribution in [0.2, 0.25) is 0 Å². The average molecular weight is 265 g/mol. The molecule has 0 saturated carbocycles. The van der Waals surface area contributed by atoms with Crippen LogP contribution in [-0.4, -0.2) is 15.7 Å². The van der Waals surface area contributed by atoms with Crippen LogP contribution in [0.4, 0.5) is 5.69 Å². The average Bonchev–Trinajstić information content (AvgIpc) is 2.85. The van der Waals surface area contributed by atoms with Crippen molar-refractivity contribution >= 4 is 11.6 Å². The second-order valence-electron chi connectivity index (χ2n) is 4.30. The Kier molecular flexibility index (Phi) is 4.35. The Hall–Kier alpha value is -2.80. The molecular weight excluding hydrogens is 250 g/mol. The van der Waals surface area contributed by atoms with E-state index in [4.69, 9.17) is 0 Å². The largest absolute Gasteiger partial charge is 0.322 e. The lowest BCUT2D eigenvalue weighted by molar-refractivity contribution is -0.112. The third kappa shape index (κ3) is 3.85. The molecule has 0 saturated heterocycles. The van der Waals surface area contributed by atoms with Crippen LogP contribution in [0.15, 0.2) is 54.9 Å². The van der Waals surface area contributed by atoms with Gasteiger partial charge >= 0.3 is 0 Å². The molecule has 0 aliphatic rings. The molecule has 0 aliphatic heterocycles. The lowest BCUT2D eigenvalue weighted by Gasteiger charge is -2.04. The van der Waals surface area contributed by atoms with Crippen molar-refractivity contribution in [3.63, 3.8) is 0 Å². The SMILES string of the molecule is C=C(CC#Cc1cnn(C)c1)C(=O)Nc1ccccc1. The third-order valence-electron chi connectivity index (χ3n) is 2.59. The number of benzene rings is 1. The minimum absolute atomic E-state index is 0.211. The summed E-state index contributed by atoms with van der Waals surface area (Å²) >= 11 is 0. The van der Waals surface area contributed by atoms with Gasteiger partial charge in [-0.3, -0.25) is 9.48 Å². The summed E-state index contributed by atoms with van der Waals surface area (Å²) in [6.45, 7) is 3.75. The molecule has 1 aromatic carbocycles. The van der Waals surface area contributed by atoms with E-state index in [-0.39, 0.29) is 5.91 Å². The predicted octanol–water partition coefficient (Wildman–Crippen LogP) is 2.36. The highest BCUT2D eigenvalue weighted by Gasteiger charge is 2.05. The number of rotatable bonds is 3. The van der Waals surface area contributed by atoms with Gasteiger partial charge in [0.2, 0.25) is 0 Å². The topological polar surface area (TPSA) is 46.9 Å². The lowest BCUT2D eigenvalue weighted by atomic mass is 10.2. The second-order valence-corrected chi connectivity index (χ2v) is 4.30. The van der Waals surface area contributed by atoms with Gasteiger partial charge in [-0.15, -0.1) is 0 Å². The monoisotopic (exact) mass is 265 g/mol. The van der Waals surface area contributed by atoms with Gasteiger partial charge in [-0.05, 0) is 12.1 Å². The van der Waals surface area contributed by atoms with Crippen molar-refractivity contribution in [2.75, 3.05) is 5.32 Å². The smallest absolute Gasteiger partial charge is 0.251 e. The molecule has 1 N–H and O–H groups in total. The first-order valence-corrected chi connectivity index (χ1v) is 6.17. The fourth-order valence-corrected chi connectivity index (χ4v) is 1.56. The number of hydrogen-bond acceptors (Lipinski definition) is 2. The van der Waals surface area contributed by atoms with E-state index in [1.807, 2.05) is 43.6 Å². The molecule has 20 heavy (non-hydrogen) atoms. The van der Waals surface area contributed by atoms with Crippen LogP contribution in [0.3, 0.4) is 0 Å². The molecule has 0 aliphatic carbocycles. The molecule has 2 aromatic rings. The highest BCUT2D eigenvalue weighted by molar-refractivity contribution is 6.03. The van der Waals surface area contributed by atoms with Crippen LogP contribution >= 0.6 is 0 Å². The zero-order valence-electron chi connectivity index (χ0n) is 11.3. The number of amides is 1. The molecule has 100 valence electrons.